The maximum atomic E-state index is 11.8. The smallest absolute Gasteiger partial charge is 0.328 e. The zero-order valence-electron chi connectivity index (χ0n) is 12.1. The molecule has 0 aliphatic heterocycles. The van der Waals surface area contributed by atoms with Gasteiger partial charge in [-0.2, -0.15) is 0 Å². The Balaban J connectivity index is 4.78. The summed E-state index contributed by atoms with van der Waals surface area (Å²) < 4.78 is 0. The highest BCUT2D eigenvalue weighted by Crippen LogP contribution is 1.91. The van der Waals surface area contributed by atoms with Gasteiger partial charge in [0.25, 0.3) is 0 Å². The fourth-order valence-electron chi connectivity index (χ4n) is 1.37. The van der Waals surface area contributed by atoms with E-state index in [2.05, 4.69) is 5.32 Å². The number of carboxylic acid groups (broad SMARTS) is 1. The van der Waals surface area contributed by atoms with E-state index in [1.54, 1.807) is 0 Å². The van der Waals surface area contributed by atoms with Crippen molar-refractivity contribution in [3.63, 3.8) is 0 Å². The van der Waals surface area contributed by atoms with Crippen LogP contribution in [0.4, 0.5) is 0 Å². The highest BCUT2D eigenvalue weighted by molar-refractivity contribution is 5.93. The van der Waals surface area contributed by atoms with Crippen LogP contribution in [0.5, 0.6) is 0 Å². The van der Waals surface area contributed by atoms with Gasteiger partial charge >= 0.3 is 5.97 Å². The molecular weight excluding hydrogens is 316 g/mol. The molecule has 0 saturated carbocycles. The van der Waals surface area contributed by atoms with Crippen LogP contribution in [0.15, 0.2) is 0 Å². The summed E-state index contributed by atoms with van der Waals surface area (Å²) in [6.07, 6.45) is 0. The standard InChI is InChI=1S/C11H20N4O8/c12-1-8(19)13-5(2-16)9(20)14-6(3-17)10(21)15-7(4-18)11(22)23/h5-7,16-18H,1-4,12H2,(H,13,19)(H,14,20)(H,15,21)(H,22,23). The fourth-order valence-corrected chi connectivity index (χ4v) is 1.37. The molecule has 0 heterocycles. The summed E-state index contributed by atoms with van der Waals surface area (Å²) in [5.41, 5.74) is 5.04. The van der Waals surface area contributed by atoms with Gasteiger partial charge in [0.2, 0.25) is 17.7 Å². The van der Waals surface area contributed by atoms with Gasteiger partial charge in [-0.15, -0.1) is 0 Å². The van der Waals surface area contributed by atoms with Crippen LogP contribution in [-0.2, 0) is 19.2 Å². The molecule has 12 heteroatoms. The van der Waals surface area contributed by atoms with Gasteiger partial charge in [0.1, 0.15) is 18.1 Å². The number of carboxylic acids is 1. The average molecular weight is 336 g/mol. The first-order chi connectivity index (χ1) is 10.8. The van der Waals surface area contributed by atoms with E-state index < -0.39 is 68.2 Å². The molecule has 0 fully saturated rings. The van der Waals surface area contributed by atoms with Gasteiger partial charge in [0.05, 0.1) is 26.4 Å². The summed E-state index contributed by atoms with van der Waals surface area (Å²) in [5.74, 6) is -4.29. The van der Waals surface area contributed by atoms with Crippen LogP contribution in [0.25, 0.3) is 0 Å². The van der Waals surface area contributed by atoms with Crippen molar-refractivity contribution < 1.29 is 39.6 Å². The van der Waals surface area contributed by atoms with Crippen molar-refractivity contribution in [3.8, 4) is 0 Å². The van der Waals surface area contributed by atoms with Gasteiger partial charge in [-0.25, -0.2) is 4.79 Å². The molecule has 0 bridgehead atoms. The van der Waals surface area contributed by atoms with Crippen molar-refractivity contribution in [2.24, 2.45) is 5.73 Å². The molecule has 0 radical (unpaired) electrons. The Hall–Kier alpha value is -2.28. The third kappa shape index (κ3) is 7.01. The molecule has 0 rings (SSSR count). The third-order valence-electron chi connectivity index (χ3n) is 2.63. The zero-order chi connectivity index (χ0) is 18.0. The highest BCUT2D eigenvalue weighted by atomic mass is 16.4. The second-order valence-corrected chi connectivity index (χ2v) is 4.33. The van der Waals surface area contributed by atoms with Crippen LogP contribution >= 0.6 is 0 Å². The number of carbonyl (C=O) groups is 4. The SMILES string of the molecule is NCC(=O)NC(CO)C(=O)NC(CO)C(=O)NC(CO)C(=O)O. The topological polar surface area (TPSA) is 211 Å². The Bertz CT molecular complexity index is 444. The number of hydrogen-bond acceptors (Lipinski definition) is 8. The number of aliphatic hydroxyl groups excluding tert-OH is 3. The molecule has 0 aromatic carbocycles. The Morgan fingerprint density at radius 2 is 1.17 bits per heavy atom. The number of nitrogens with one attached hydrogen (secondary N) is 3. The quantitative estimate of drug-likeness (QED) is 0.191. The van der Waals surface area contributed by atoms with Crippen LogP contribution < -0.4 is 21.7 Å². The van der Waals surface area contributed by atoms with Gasteiger partial charge in [-0.3, -0.25) is 14.4 Å². The van der Waals surface area contributed by atoms with Crippen LogP contribution in [0.3, 0.4) is 0 Å². The number of hydrogen-bond donors (Lipinski definition) is 8. The lowest BCUT2D eigenvalue weighted by atomic mass is 10.2. The third-order valence-corrected chi connectivity index (χ3v) is 2.63. The van der Waals surface area contributed by atoms with E-state index in [-0.39, 0.29) is 0 Å². The second kappa shape index (κ2) is 10.4. The molecule has 0 aliphatic carbocycles. The number of aliphatic carboxylic acids is 1. The first kappa shape index (κ1) is 20.7. The maximum Gasteiger partial charge on any atom is 0.328 e. The van der Waals surface area contributed by atoms with Crippen molar-refractivity contribution in [1.29, 1.82) is 0 Å². The van der Waals surface area contributed by atoms with Crippen LogP contribution in [0, 0.1) is 0 Å². The Morgan fingerprint density at radius 1 is 0.783 bits per heavy atom. The van der Waals surface area contributed by atoms with E-state index in [0.717, 1.165) is 0 Å². The minimum absolute atomic E-state index is 0.426. The molecule has 9 N–H and O–H groups in total. The molecular formula is C11H20N4O8. The number of carbonyl (C=O) groups excluding carboxylic acids is 3. The second-order valence-electron chi connectivity index (χ2n) is 4.33. The zero-order valence-corrected chi connectivity index (χ0v) is 12.1. The lowest BCUT2D eigenvalue weighted by Crippen LogP contribution is -2.58. The van der Waals surface area contributed by atoms with Crippen LogP contribution in [0.1, 0.15) is 0 Å². The van der Waals surface area contributed by atoms with Crippen molar-refractivity contribution in [2.45, 2.75) is 18.1 Å². The predicted octanol–water partition coefficient (Wildman–Crippen LogP) is -5.54. The molecule has 0 spiro atoms. The molecule has 0 aromatic rings. The fraction of sp³-hybridized carbons (Fsp3) is 0.636. The predicted molar refractivity (Wildman–Crippen MR) is 73.7 cm³/mol. The summed E-state index contributed by atoms with van der Waals surface area (Å²) in [7, 11) is 0. The summed E-state index contributed by atoms with van der Waals surface area (Å²) in [4.78, 5) is 45.3. The monoisotopic (exact) mass is 336 g/mol. The number of rotatable bonds is 10. The van der Waals surface area contributed by atoms with E-state index in [1.807, 2.05) is 10.6 Å². The lowest BCUT2D eigenvalue weighted by Gasteiger charge is -2.21. The number of nitrogens with two attached hydrogens (primary N) is 1. The van der Waals surface area contributed by atoms with E-state index >= 15 is 0 Å². The first-order valence-corrected chi connectivity index (χ1v) is 6.46. The highest BCUT2D eigenvalue weighted by Gasteiger charge is 2.28. The van der Waals surface area contributed by atoms with Crippen molar-refractivity contribution in [1.82, 2.24) is 16.0 Å². The van der Waals surface area contributed by atoms with Crippen molar-refractivity contribution >= 4 is 23.7 Å². The van der Waals surface area contributed by atoms with Crippen LogP contribution in [-0.4, -0.2) is 88.6 Å². The number of aliphatic hydroxyl groups is 3. The van der Waals surface area contributed by atoms with E-state index in [4.69, 9.17) is 26.2 Å². The van der Waals surface area contributed by atoms with Gasteiger partial charge in [-0.1, -0.05) is 0 Å². The summed E-state index contributed by atoms with van der Waals surface area (Å²) >= 11 is 0. The normalized spacial score (nSPS) is 14.3. The molecule has 0 saturated heterocycles. The van der Waals surface area contributed by atoms with Gasteiger partial charge < -0.3 is 42.1 Å². The Labute approximate surface area is 130 Å². The summed E-state index contributed by atoms with van der Waals surface area (Å²) in [6, 6.07) is -4.56. The first-order valence-electron chi connectivity index (χ1n) is 6.46. The van der Waals surface area contributed by atoms with Crippen molar-refractivity contribution in [3.05, 3.63) is 0 Å². The lowest BCUT2D eigenvalue weighted by molar-refractivity contribution is -0.143. The molecule has 23 heavy (non-hydrogen) atoms. The summed E-state index contributed by atoms with van der Waals surface area (Å²) in [6.45, 7) is -2.98. The van der Waals surface area contributed by atoms with Crippen LogP contribution in [0.2, 0.25) is 0 Å². The molecule has 3 amide bonds. The summed E-state index contributed by atoms with van der Waals surface area (Å²) in [5, 5.41) is 41.6. The van der Waals surface area contributed by atoms with E-state index in [0.29, 0.717) is 0 Å². The van der Waals surface area contributed by atoms with E-state index in [9.17, 15) is 19.2 Å². The van der Waals surface area contributed by atoms with E-state index in [1.165, 1.54) is 0 Å². The Kier molecular flexibility index (Phi) is 9.41. The minimum Gasteiger partial charge on any atom is -0.480 e. The molecule has 3 unspecified atom stereocenters. The minimum atomic E-state index is -1.61. The maximum absolute atomic E-state index is 11.8. The van der Waals surface area contributed by atoms with Gasteiger partial charge in [0, 0.05) is 0 Å². The van der Waals surface area contributed by atoms with Gasteiger partial charge in [0.15, 0.2) is 0 Å². The average Bonchev–Trinajstić information content (AvgIpc) is 2.53. The number of amides is 3. The largest absolute Gasteiger partial charge is 0.480 e. The molecule has 0 aliphatic rings. The molecule has 12 nitrogen and oxygen atoms in total. The Morgan fingerprint density at radius 3 is 1.52 bits per heavy atom. The van der Waals surface area contributed by atoms with Gasteiger partial charge in [-0.05, 0) is 0 Å². The molecule has 0 aromatic heterocycles. The van der Waals surface area contributed by atoms with Crippen molar-refractivity contribution in [2.75, 3.05) is 26.4 Å². The molecule has 3 atom stereocenters. The molecule has 132 valence electrons.